The minimum absolute atomic E-state index is 0.0371. The zero-order chi connectivity index (χ0) is 15.7. The molecule has 22 heavy (non-hydrogen) atoms. The minimum atomic E-state index is -3.52. The molecule has 0 spiro atoms. The molecule has 0 saturated heterocycles. The second-order valence-corrected chi connectivity index (χ2v) is 8.19. The highest BCUT2D eigenvalue weighted by Crippen LogP contribution is 2.29. The smallest absolute Gasteiger partial charge is 0.240 e. The fourth-order valence-corrected chi connectivity index (χ4v) is 4.57. The molecular weight excluding hydrogens is 300 g/mol. The van der Waals surface area contributed by atoms with Crippen molar-refractivity contribution in [3.05, 3.63) is 23.8 Å². The molecule has 1 aliphatic heterocycles. The van der Waals surface area contributed by atoms with Gasteiger partial charge in [0.1, 0.15) is 0 Å². The van der Waals surface area contributed by atoms with Crippen molar-refractivity contribution in [1.82, 2.24) is 4.72 Å². The van der Waals surface area contributed by atoms with E-state index in [2.05, 4.69) is 9.62 Å². The van der Waals surface area contributed by atoms with Crippen LogP contribution in [0.3, 0.4) is 0 Å². The van der Waals surface area contributed by atoms with Crippen LogP contribution >= 0.6 is 0 Å². The van der Waals surface area contributed by atoms with Gasteiger partial charge < -0.3 is 10.0 Å². The summed E-state index contributed by atoms with van der Waals surface area (Å²) in [7, 11) is -1.52. The summed E-state index contributed by atoms with van der Waals surface area (Å²) in [6.45, 7) is 1.27. The number of hydrogen-bond acceptors (Lipinski definition) is 4. The predicted octanol–water partition coefficient (Wildman–Crippen LogP) is 1.51. The number of nitrogens with one attached hydrogen (secondary N) is 1. The number of rotatable bonds is 4. The average molecular weight is 324 g/mol. The summed E-state index contributed by atoms with van der Waals surface area (Å²) in [6, 6.07) is 5.37. The lowest BCUT2D eigenvalue weighted by Crippen LogP contribution is -2.33. The molecule has 0 aromatic heterocycles. The summed E-state index contributed by atoms with van der Waals surface area (Å²) < 4.78 is 27.6. The Morgan fingerprint density at radius 1 is 1.32 bits per heavy atom. The van der Waals surface area contributed by atoms with Gasteiger partial charge in [-0.05, 0) is 49.3 Å². The van der Waals surface area contributed by atoms with Crippen molar-refractivity contribution in [1.29, 1.82) is 0 Å². The van der Waals surface area contributed by atoms with E-state index in [1.165, 1.54) is 5.56 Å². The van der Waals surface area contributed by atoms with Gasteiger partial charge in [-0.15, -0.1) is 0 Å². The van der Waals surface area contributed by atoms with Gasteiger partial charge in [0.2, 0.25) is 10.0 Å². The van der Waals surface area contributed by atoms with Gasteiger partial charge in [-0.1, -0.05) is 12.5 Å². The number of sulfonamides is 1. The molecule has 1 saturated carbocycles. The molecule has 1 heterocycles. The minimum Gasteiger partial charge on any atom is -0.393 e. The quantitative estimate of drug-likeness (QED) is 0.881. The molecule has 3 rings (SSSR count). The van der Waals surface area contributed by atoms with E-state index in [9.17, 15) is 13.5 Å². The van der Waals surface area contributed by atoms with E-state index in [-0.39, 0.29) is 12.0 Å². The zero-order valence-electron chi connectivity index (χ0n) is 13.0. The number of nitrogens with zero attached hydrogens (tertiary/aromatic N) is 1. The fourth-order valence-electron chi connectivity index (χ4n) is 3.46. The highest BCUT2D eigenvalue weighted by Gasteiger charge is 2.27. The number of fused-ring (bicyclic) bond motifs is 1. The maximum Gasteiger partial charge on any atom is 0.240 e. The highest BCUT2D eigenvalue weighted by atomic mass is 32.2. The van der Waals surface area contributed by atoms with E-state index in [1.54, 1.807) is 12.1 Å². The zero-order valence-corrected chi connectivity index (χ0v) is 13.8. The van der Waals surface area contributed by atoms with E-state index < -0.39 is 10.0 Å². The molecule has 5 nitrogen and oxygen atoms in total. The predicted molar refractivity (Wildman–Crippen MR) is 86.6 cm³/mol. The molecule has 2 atom stereocenters. The monoisotopic (exact) mass is 324 g/mol. The van der Waals surface area contributed by atoms with Gasteiger partial charge in [-0.3, -0.25) is 0 Å². The normalized spacial score (nSPS) is 25.3. The number of aryl methyl sites for hydroxylation is 1. The van der Waals surface area contributed by atoms with Crippen molar-refractivity contribution in [2.75, 3.05) is 25.0 Å². The van der Waals surface area contributed by atoms with Crippen LogP contribution in [0.25, 0.3) is 0 Å². The lowest BCUT2D eigenvalue weighted by Gasteiger charge is -2.28. The van der Waals surface area contributed by atoms with E-state index in [0.717, 1.165) is 44.3 Å². The van der Waals surface area contributed by atoms with Crippen LogP contribution < -0.4 is 9.62 Å². The number of aliphatic hydroxyl groups is 1. The summed E-state index contributed by atoms with van der Waals surface area (Å²) in [5.41, 5.74) is 2.22. The Balaban J connectivity index is 1.76. The van der Waals surface area contributed by atoms with Crippen molar-refractivity contribution < 1.29 is 13.5 Å². The topological polar surface area (TPSA) is 69.6 Å². The number of aliphatic hydroxyl groups excluding tert-OH is 1. The molecule has 2 N–H and O–H groups in total. The van der Waals surface area contributed by atoms with Gasteiger partial charge >= 0.3 is 0 Å². The Hall–Kier alpha value is -1.11. The first kappa shape index (κ1) is 15.8. The molecule has 0 unspecified atom stereocenters. The van der Waals surface area contributed by atoms with Crippen LogP contribution in [-0.4, -0.2) is 39.8 Å². The summed E-state index contributed by atoms with van der Waals surface area (Å²) in [5, 5.41) is 9.81. The van der Waals surface area contributed by atoms with Gasteiger partial charge in [-0.2, -0.15) is 0 Å². The molecule has 0 amide bonds. The largest absolute Gasteiger partial charge is 0.393 e. The Morgan fingerprint density at radius 3 is 2.86 bits per heavy atom. The average Bonchev–Trinajstić information content (AvgIpc) is 2.91. The molecule has 1 aromatic carbocycles. The summed E-state index contributed by atoms with van der Waals surface area (Å²) in [6.07, 6.45) is 4.36. The Bertz CT molecular complexity index is 645. The Kier molecular flexibility index (Phi) is 4.43. The first-order valence-electron chi connectivity index (χ1n) is 7.99. The van der Waals surface area contributed by atoms with Crippen molar-refractivity contribution in [3.8, 4) is 0 Å². The molecule has 1 aromatic rings. The van der Waals surface area contributed by atoms with Gasteiger partial charge in [0.05, 0.1) is 11.0 Å². The van der Waals surface area contributed by atoms with Gasteiger partial charge in [0, 0.05) is 25.8 Å². The van der Waals surface area contributed by atoms with Crippen LogP contribution in [0.15, 0.2) is 23.1 Å². The maximum atomic E-state index is 12.5. The lowest BCUT2D eigenvalue weighted by atomic mass is 10.0. The Labute approximate surface area is 132 Å². The van der Waals surface area contributed by atoms with E-state index in [1.807, 2.05) is 13.1 Å². The first-order chi connectivity index (χ1) is 10.5. The number of benzene rings is 1. The van der Waals surface area contributed by atoms with Crippen molar-refractivity contribution in [2.24, 2.45) is 5.92 Å². The van der Waals surface area contributed by atoms with Crippen molar-refractivity contribution in [3.63, 3.8) is 0 Å². The molecule has 0 radical (unpaired) electrons. The molecule has 1 fully saturated rings. The molecule has 122 valence electrons. The van der Waals surface area contributed by atoms with Crippen LogP contribution in [-0.2, 0) is 16.4 Å². The van der Waals surface area contributed by atoms with Crippen molar-refractivity contribution in [2.45, 2.75) is 43.1 Å². The molecule has 1 aliphatic carbocycles. The molecule has 6 heteroatoms. The summed E-state index contributed by atoms with van der Waals surface area (Å²) in [5.74, 6) is 0.0371. The van der Waals surface area contributed by atoms with Gasteiger partial charge in [0.15, 0.2) is 0 Å². The third kappa shape index (κ3) is 3.14. The molecule has 0 bridgehead atoms. The third-order valence-corrected chi connectivity index (χ3v) is 6.29. The van der Waals surface area contributed by atoms with Crippen LogP contribution in [0, 0.1) is 5.92 Å². The van der Waals surface area contributed by atoms with Crippen LogP contribution in [0.2, 0.25) is 0 Å². The second kappa shape index (κ2) is 6.18. The van der Waals surface area contributed by atoms with Crippen molar-refractivity contribution >= 4 is 15.7 Å². The Morgan fingerprint density at radius 2 is 2.14 bits per heavy atom. The van der Waals surface area contributed by atoms with Crippen LogP contribution in [0.4, 0.5) is 5.69 Å². The molecule has 2 aliphatic rings. The SMILES string of the molecule is CN1CCCc2ccc(S(=O)(=O)NC[C@H]3CCC[C@@H]3O)cc21. The number of anilines is 1. The molecular formula is C16H24N2O3S. The second-order valence-electron chi connectivity index (χ2n) is 6.43. The number of hydrogen-bond donors (Lipinski definition) is 2. The van der Waals surface area contributed by atoms with Gasteiger partial charge in [0.25, 0.3) is 0 Å². The summed E-state index contributed by atoms with van der Waals surface area (Å²) in [4.78, 5) is 2.42. The lowest BCUT2D eigenvalue weighted by molar-refractivity contribution is 0.134. The third-order valence-electron chi connectivity index (χ3n) is 4.87. The van der Waals surface area contributed by atoms with Gasteiger partial charge in [-0.25, -0.2) is 13.1 Å². The van der Waals surface area contributed by atoms with E-state index in [4.69, 9.17) is 0 Å². The standard InChI is InChI=1S/C16H24N2O3S/c1-18-9-3-5-12-7-8-14(10-15(12)18)22(20,21)17-11-13-4-2-6-16(13)19/h7-8,10,13,16-17,19H,2-6,9,11H2,1H3/t13-,16+/m1/s1. The summed E-state index contributed by atoms with van der Waals surface area (Å²) >= 11 is 0. The fraction of sp³-hybridized carbons (Fsp3) is 0.625. The van der Waals surface area contributed by atoms with Crippen LogP contribution in [0.5, 0.6) is 0 Å². The maximum absolute atomic E-state index is 12.5. The first-order valence-corrected chi connectivity index (χ1v) is 9.47. The van der Waals surface area contributed by atoms with E-state index in [0.29, 0.717) is 11.4 Å². The van der Waals surface area contributed by atoms with Crippen LogP contribution in [0.1, 0.15) is 31.2 Å². The van der Waals surface area contributed by atoms with E-state index >= 15 is 0 Å². The highest BCUT2D eigenvalue weighted by molar-refractivity contribution is 7.89.